The highest BCUT2D eigenvalue weighted by atomic mass is 14.6. The molecule has 1 heterocycles. The molecule has 96 valence electrons. The van der Waals surface area contributed by atoms with Gasteiger partial charge in [-0.15, -0.1) is 0 Å². The second kappa shape index (κ2) is 5.20. The van der Waals surface area contributed by atoms with E-state index in [1.165, 1.54) is 18.4 Å². The van der Waals surface area contributed by atoms with Crippen LogP contribution in [0.4, 0.5) is 0 Å². The highest BCUT2D eigenvalue weighted by Crippen LogP contribution is 2.43. The average molecular weight is 233 g/mol. The van der Waals surface area contributed by atoms with Crippen LogP contribution in [0.1, 0.15) is 65.9 Å². The summed E-state index contributed by atoms with van der Waals surface area (Å²) in [5.41, 5.74) is 2.13. The molecule has 0 aliphatic rings. The maximum atomic E-state index is 4.13. The van der Waals surface area contributed by atoms with E-state index in [0.717, 1.165) is 0 Å². The van der Waals surface area contributed by atoms with Crippen molar-refractivity contribution in [3.05, 3.63) is 30.1 Å². The van der Waals surface area contributed by atoms with Crippen molar-refractivity contribution in [3.8, 4) is 0 Å². The molecule has 1 aromatic heterocycles. The Morgan fingerprint density at radius 3 is 2.00 bits per heavy atom. The van der Waals surface area contributed by atoms with Crippen LogP contribution < -0.4 is 0 Å². The van der Waals surface area contributed by atoms with Crippen molar-refractivity contribution in [1.29, 1.82) is 0 Å². The Labute approximate surface area is 107 Å². The van der Waals surface area contributed by atoms with Gasteiger partial charge in [0.05, 0.1) is 0 Å². The van der Waals surface area contributed by atoms with Crippen LogP contribution in [0.25, 0.3) is 0 Å². The molecule has 0 aliphatic carbocycles. The van der Waals surface area contributed by atoms with Gasteiger partial charge in [-0.25, -0.2) is 0 Å². The molecular weight excluding hydrogens is 206 g/mol. The van der Waals surface area contributed by atoms with Gasteiger partial charge < -0.3 is 0 Å². The highest BCUT2D eigenvalue weighted by molar-refractivity contribution is 5.18. The Morgan fingerprint density at radius 1 is 1.06 bits per heavy atom. The van der Waals surface area contributed by atoms with Gasteiger partial charge in [-0.3, -0.25) is 4.98 Å². The lowest BCUT2D eigenvalue weighted by molar-refractivity contribution is 0.209. The zero-order chi connectivity index (χ0) is 13.1. The number of rotatable bonds is 4. The molecule has 0 aromatic carbocycles. The zero-order valence-electron chi connectivity index (χ0n) is 12.2. The first-order valence-corrected chi connectivity index (χ1v) is 6.66. The van der Waals surface area contributed by atoms with E-state index in [-0.39, 0.29) is 0 Å². The normalized spacial score (nSPS) is 14.7. The lowest BCUT2D eigenvalue weighted by Crippen LogP contribution is -2.25. The van der Waals surface area contributed by atoms with Crippen molar-refractivity contribution >= 4 is 0 Å². The lowest BCUT2D eigenvalue weighted by atomic mass is 9.68. The molecule has 0 saturated carbocycles. The van der Waals surface area contributed by atoms with Crippen LogP contribution in [-0.2, 0) is 0 Å². The third-order valence-corrected chi connectivity index (χ3v) is 3.87. The van der Waals surface area contributed by atoms with E-state index < -0.39 is 0 Å². The van der Waals surface area contributed by atoms with E-state index in [1.54, 1.807) is 0 Å². The zero-order valence-corrected chi connectivity index (χ0v) is 12.2. The molecule has 0 amide bonds. The predicted octanol–water partition coefficient (Wildman–Crippen LogP) is 5.04. The third-order valence-electron chi connectivity index (χ3n) is 3.87. The first kappa shape index (κ1) is 14.2. The fourth-order valence-corrected chi connectivity index (χ4v) is 2.22. The minimum absolute atomic E-state index is 0.299. The van der Waals surface area contributed by atoms with Crippen LogP contribution in [0.15, 0.2) is 24.5 Å². The maximum Gasteiger partial charge on any atom is 0.0270 e. The van der Waals surface area contributed by atoms with Crippen LogP contribution in [-0.4, -0.2) is 4.98 Å². The van der Waals surface area contributed by atoms with Crippen molar-refractivity contribution in [2.24, 2.45) is 10.8 Å². The fraction of sp³-hybridized carbons (Fsp3) is 0.688. The summed E-state index contributed by atoms with van der Waals surface area (Å²) in [5.74, 6) is 0.598. The Balaban J connectivity index is 2.99. The van der Waals surface area contributed by atoms with E-state index in [9.17, 15) is 0 Å². The SMILES string of the molecule is CCC(C)(C)CC(c1ccncc1)C(C)(C)C. The number of aromatic nitrogens is 1. The van der Waals surface area contributed by atoms with Gasteiger partial charge in [-0.05, 0) is 40.9 Å². The molecule has 0 spiro atoms. The molecule has 1 heteroatoms. The van der Waals surface area contributed by atoms with Crippen molar-refractivity contribution in [1.82, 2.24) is 4.98 Å². The summed E-state index contributed by atoms with van der Waals surface area (Å²) >= 11 is 0. The van der Waals surface area contributed by atoms with Crippen molar-refractivity contribution in [2.75, 3.05) is 0 Å². The molecule has 0 fully saturated rings. The second-order valence-electron chi connectivity index (χ2n) is 6.92. The molecule has 1 unspecified atom stereocenters. The topological polar surface area (TPSA) is 12.9 Å². The van der Waals surface area contributed by atoms with E-state index in [2.05, 4.69) is 58.7 Å². The second-order valence-corrected chi connectivity index (χ2v) is 6.92. The van der Waals surface area contributed by atoms with Gasteiger partial charge in [0.2, 0.25) is 0 Å². The summed E-state index contributed by atoms with van der Waals surface area (Å²) in [5, 5.41) is 0. The minimum Gasteiger partial charge on any atom is -0.265 e. The monoisotopic (exact) mass is 233 g/mol. The Kier molecular flexibility index (Phi) is 4.35. The molecular formula is C16H27N. The fourth-order valence-electron chi connectivity index (χ4n) is 2.22. The Hall–Kier alpha value is -0.850. The first-order valence-electron chi connectivity index (χ1n) is 6.66. The van der Waals surface area contributed by atoms with Crippen LogP contribution in [0.2, 0.25) is 0 Å². The van der Waals surface area contributed by atoms with Crippen LogP contribution in [0.3, 0.4) is 0 Å². The number of hydrogen-bond acceptors (Lipinski definition) is 1. The number of pyridine rings is 1. The largest absolute Gasteiger partial charge is 0.265 e. The predicted molar refractivity (Wildman–Crippen MR) is 75.1 cm³/mol. The molecule has 0 bridgehead atoms. The van der Waals surface area contributed by atoms with Crippen LogP contribution >= 0.6 is 0 Å². The summed E-state index contributed by atoms with van der Waals surface area (Å²) in [6, 6.07) is 4.34. The molecule has 17 heavy (non-hydrogen) atoms. The molecule has 1 nitrogen and oxygen atoms in total. The van der Waals surface area contributed by atoms with E-state index in [0.29, 0.717) is 16.7 Å². The highest BCUT2D eigenvalue weighted by Gasteiger charge is 2.31. The molecule has 1 rings (SSSR count). The summed E-state index contributed by atoms with van der Waals surface area (Å²) in [6.07, 6.45) is 6.28. The summed E-state index contributed by atoms with van der Waals surface area (Å²) in [4.78, 5) is 4.13. The van der Waals surface area contributed by atoms with Gasteiger partial charge in [0.15, 0.2) is 0 Å². The number of hydrogen-bond donors (Lipinski definition) is 0. The standard InChI is InChI=1S/C16H27N/c1-7-16(5,6)12-14(15(2,3)4)13-8-10-17-11-9-13/h8-11,14H,7,12H2,1-6H3. The lowest BCUT2D eigenvalue weighted by Gasteiger charge is -2.37. The molecule has 0 N–H and O–H groups in total. The smallest absolute Gasteiger partial charge is 0.0270 e. The van der Waals surface area contributed by atoms with Crippen molar-refractivity contribution in [3.63, 3.8) is 0 Å². The van der Waals surface area contributed by atoms with E-state index >= 15 is 0 Å². The molecule has 1 aromatic rings. The Morgan fingerprint density at radius 2 is 1.59 bits per heavy atom. The van der Waals surface area contributed by atoms with Crippen LogP contribution in [0.5, 0.6) is 0 Å². The summed E-state index contributed by atoms with van der Waals surface area (Å²) in [7, 11) is 0. The van der Waals surface area contributed by atoms with Gasteiger partial charge >= 0.3 is 0 Å². The van der Waals surface area contributed by atoms with Gasteiger partial charge in [0.25, 0.3) is 0 Å². The van der Waals surface area contributed by atoms with Crippen LogP contribution in [0, 0.1) is 10.8 Å². The number of nitrogens with zero attached hydrogens (tertiary/aromatic N) is 1. The van der Waals surface area contributed by atoms with Crippen molar-refractivity contribution in [2.45, 2.75) is 60.3 Å². The van der Waals surface area contributed by atoms with Gasteiger partial charge in [-0.1, -0.05) is 48.0 Å². The van der Waals surface area contributed by atoms with Gasteiger partial charge in [0, 0.05) is 12.4 Å². The molecule has 0 saturated heterocycles. The molecule has 0 radical (unpaired) electrons. The van der Waals surface area contributed by atoms with E-state index in [1.807, 2.05) is 12.4 Å². The van der Waals surface area contributed by atoms with Gasteiger partial charge in [0.1, 0.15) is 0 Å². The molecule has 0 aliphatic heterocycles. The van der Waals surface area contributed by atoms with Gasteiger partial charge in [-0.2, -0.15) is 0 Å². The summed E-state index contributed by atoms with van der Waals surface area (Å²) < 4.78 is 0. The average Bonchev–Trinajstić information content (AvgIpc) is 2.26. The molecule has 1 atom stereocenters. The quantitative estimate of drug-likeness (QED) is 0.710. The first-order chi connectivity index (χ1) is 7.76. The Bertz CT molecular complexity index is 332. The maximum absolute atomic E-state index is 4.13. The summed E-state index contributed by atoms with van der Waals surface area (Å²) in [6.45, 7) is 14.0. The minimum atomic E-state index is 0.299. The third kappa shape index (κ3) is 4.14. The van der Waals surface area contributed by atoms with E-state index in [4.69, 9.17) is 0 Å². The van der Waals surface area contributed by atoms with Crippen molar-refractivity contribution < 1.29 is 0 Å².